The Morgan fingerprint density at radius 2 is 1.25 bits per heavy atom. The molecule has 5 aliphatic rings. The molecule has 5 aliphatic carbocycles. The van der Waals surface area contributed by atoms with E-state index < -0.39 is 0 Å². The van der Waals surface area contributed by atoms with Crippen LogP contribution in [0.4, 0.5) is 0 Å². The van der Waals surface area contributed by atoms with E-state index >= 15 is 0 Å². The van der Waals surface area contributed by atoms with Crippen LogP contribution in [0.25, 0.3) is 17.1 Å². The minimum absolute atomic E-state index is 0.0529. The first-order valence-electron chi connectivity index (χ1n) is 8.68. The lowest BCUT2D eigenvalue weighted by molar-refractivity contribution is 0.395. The highest BCUT2D eigenvalue weighted by atomic mass is 35.5. The Morgan fingerprint density at radius 3 is 1.89 bits per heavy atom. The number of aliphatic hydroxyl groups is 3. The van der Waals surface area contributed by atoms with E-state index in [0.29, 0.717) is 48.2 Å². The van der Waals surface area contributed by atoms with Crippen molar-refractivity contribution in [2.45, 2.75) is 0 Å². The van der Waals surface area contributed by atoms with Gasteiger partial charge in [-0.15, -0.1) is 0 Å². The van der Waals surface area contributed by atoms with Gasteiger partial charge in [-0.2, -0.15) is 0 Å². The minimum atomic E-state index is -0.356. The van der Waals surface area contributed by atoms with Gasteiger partial charge in [0.2, 0.25) is 0 Å². The lowest BCUT2D eigenvalue weighted by atomic mass is 9.60. The molecule has 3 N–H and O–H groups in total. The predicted molar refractivity (Wildman–Crippen MR) is 110 cm³/mol. The lowest BCUT2D eigenvalue weighted by Gasteiger charge is -2.43. The molecule has 0 heterocycles. The van der Waals surface area contributed by atoms with Crippen LogP contribution in [0, 0.1) is 11.8 Å². The number of rotatable bonds is 0. The third kappa shape index (κ3) is 1.82. The minimum Gasteiger partial charge on any atom is -0.507 e. The fraction of sp³-hybridized carbons (Fsp3) is 0.0909. The van der Waals surface area contributed by atoms with Crippen LogP contribution in [0.1, 0.15) is 5.56 Å². The number of benzene rings is 1. The summed E-state index contributed by atoms with van der Waals surface area (Å²) in [7, 11) is 0. The van der Waals surface area contributed by atoms with Crippen molar-refractivity contribution in [1.29, 1.82) is 0 Å². The normalized spacial score (nSPS) is 26.5. The molecule has 3 nitrogen and oxygen atoms in total. The fourth-order valence-electron chi connectivity index (χ4n) is 5.06. The van der Waals surface area contributed by atoms with E-state index in [1.54, 1.807) is 36.4 Å². The molecule has 2 unspecified atom stereocenters. The van der Waals surface area contributed by atoms with Crippen LogP contribution < -0.4 is 10.4 Å². The quantitative estimate of drug-likeness (QED) is 0.563. The summed E-state index contributed by atoms with van der Waals surface area (Å²) >= 11 is 18.9. The maximum Gasteiger partial charge on any atom is 0.127 e. The second kappa shape index (κ2) is 5.18. The first-order valence-corrected chi connectivity index (χ1v) is 9.82. The van der Waals surface area contributed by atoms with Gasteiger partial charge in [0, 0.05) is 60.0 Å². The van der Waals surface area contributed by atoms with Gasteiger partial charge < -0.3 is 15.3 Å². The standard InChI is InChI=1S/C22H11Cl3O3/c23-7-1-10-16-11(2-7)21(27)14-5-9(25)6-15-18(14)19(16)17-12(20(10)26)3-8(24)4-13(17)22(15)28/h1-6,16-17,26-28H. The molecule has 6 rings (SSSR count). The van der Waals surface area contributed by atoms with E-state index in [4.69, 9.17) is 34.8 Å². The summed E-state index contributed by atoms with van der Waals surface area (Å²) < 4.78 is 0. The molecule has 28 heavy (non-hydrogen) atoms. The molecule has 138 valence electrons. The van der Waals surface area contributed by atoms with Gasteiger partial charge in [0.05, 0.1) is 0 Å². The van der Waals surface area contributed by atoms with Crippen molar-refractivity contribution in [2.24, 2.45) is 11.8 Å². The largest absolute Gasteiger partial charge is 0.507 e. The highest BCUT2D eigenvalue weighted by molar-refractivity contribution is 6.32. The zero-order chi connectivity index (χ0) is 19.5. The molecule has 0 aliphatic heterocycles. The average Bonchev–Trinajstić information content (AvgIpc) is 2.65. The fourth-order valence-corrected chi connectivity index (χ4v) is 5.75. The molecule has 1 aromatic carbocycles. The summed E-state index contributed by atoms with van der Waals surface area (Å²) in [5.41, 5.74) is 4.00. The van der Waals surface area contributed by atoms with E-state index in [2.05, 4.69) is 0 Å². The van der Waals surface area contributed by atoms with Gasteiger partial charge in [-0.05, 0) is 47.2 Å². The molecule has 2 atom stereocenters. The molecule has 0 saturated carbocycles. The topological polar surface area (TPSA) is 60.7 Å². The number of allylic oxidation sites excluding steroid dienone is 9. The summed E-state index contributed by atoms with van der Waals surface area (Å²) in [6.45, 7) is 0. The van der Waals surface area contributed by atoms with Crippen LogP contribution in [0.3, 0.4) is 0 Å². The molecule has 0 saturated heterocycles. The van der Waals surface area contributed by atoms with Crippen molar-refractivity contribution in [3.63, 3.8) is 0 Å². The summed E-state index contributed by atoms with van der Waals surface area (Å²) in [6.07, 6.45) is 6.86. The molecular weight excluding hydrogens is 419 g/mol. The molecule has 0 bridgehead atoms. The summed E-state index contributed by atoms with van der Waals surface area (Å²) in [4.78, 5) is 0. The monoisotopic (exact) mass is 428 g/mol. The van der Waals surface area contributed by atoms with Crippen LogP contribution in [0.5, 0.6) is 0 Å². The van der Waals surface area contributed by atoms with Crippen molar-refractivity contribution < 1.29 is 15.3 Å². The molecule has 0 spiro atoms. The van der Waals surface area contributed by atoms with Gasteiger partial charge >= 0.3 is 0 Å². The van der Waals surface area contributed by atoms with E-state index in [1.165, 1.54) is 0 Å². The Kier molecular flexibility index (Phi) is 3.07. The van der Waals surface area contributed by atoms with Crippen molar-refractivity contribution in [2.75, 3.05) is 0 Å². The van der Waals surface area contributed by atoms with E-state index in [9.17, 15) is 15.3 Å². The third-order valence-electron chi connectivity index (χ3n) is 6.04. The first-order chi connectivity index (χ1) is 13.4. The molecule has 0 radical (unpaired) electrons. The average molecular weight is 430 g/mol. The van der Waals surface area contributed by atoms with Crippen molar-refractivity contribution >= 4 is 51.9 Å². The van der Waals surface area contributed by atoms with Crippen molar-refractivity contribution in [3.05, 3.63) is 95.6 Å². The Labute approximate surface area is 174 Å². The van der Waals surface area contributed by atoms with Gasteiger partial charge in [-0.1, -0.05) is 34.8 Å². The van der Waals surface area contributed by atoms with Crippen LogP contribution in [0.2, 0.25) is 5.02 Å². The summed E-state index contributed by atoms with van der Waals surface area (Å²) in [6, 6.07) is 3.38. The van der Waals surface area contributed by atoms with Crippen LogP contribution in [-0.2, 0) is 0 Å². The maximum absolute atomic E-state index is 11.1. The Hall–Kier alpha value is -2.33. The smallest absolute Gasteiger partial charge is 0.127 e. The van der Waals surface area contributed by atoms with Gasteiger partial charge in [0.25, 0.3) is 0 Å². The van der Waals surface area contributed by atoms with Crippen molar-refractivity contribution in [3.8, 4) is 0 Å². The van der Waals surface area contributed by atoms with Crippen molar-refractivity contribution in [1.82, 2.24) is 0 Å². The predicted octanol–water partition coefficient (Wildman–Crippen LogP) is 4.64. The highest BCUT2D eigenvalue weighted by Gasteiger charge is 2.47. The van der Waals surface area contributed by atoms with Crippen LogP contribution >= 0.6 is 34.8 Å². The van der Waals surface area contributed by atoms with Crippen LogP contribution in [-0.4, -0.2) is 15.3 Å². The molecular formula is C22H11Cl3O3. The molecule has 0 amide bonds. The zero-order valence-electron chi connectivity index (χ0n) is 14.1. The van der Waals surface area contributed by atoms with Crippen LogP contribution in [0.15, 0.2) is 74.6 Å². The number of hydrogen-bond donors (Lipinski definition) is 3. The summed E-state index contributed by atoms with van der Waals surface area (Å²) in [5.74, 6) is -0.530. The first kappa shape index (κ1) is 16.6. The Bertz CT molecular complexity index is 1370. The SMILES string of the molecule is OC1=C2C=C(Cl)C=C3C(O)=c4cc(Cl)cc5c4=C(C32)C2C1=CC(Cl)=CC2=C5O. The van der Waals surface area contributed by atoms with Gasteiger partial charge in [-0.25, -0.2) is 0 Å². The van der Waals surface area contributed by atoms with E-state index in [0.717, 1.165) is 10.8 Å². The molecule has 1 aromatic rings. The number of hydrogen-bond acceptors (Lipinski definition) is 3. The maximum atomic E-state index is 11.1. The highest BCUT2D eigenvalue weighted by Crippen LogP contribution is 2.55. The summed E-state index contributed by atoms with van der Waals surface area (Å²) in [5, 5.41) is 35.7. The number of aliphatic hydroxyl groups excluding tert-OH is 3. The molecule has 0 aromatic heterocycles. The van der Waals surface area contributed by atoms with E-state index in [1.807, 2.05) is 0 Å². The lowest BCUT2D eigenvalue weighted by Crippen LogP contribution is -2.46. The van der Waals surface area contributed by atoms with Gasteiger partial charge in [-0.3, -0.25) is 0 Å². The van der Waals surface area contributed by atoms with Gasteiger partial charge in [0.15, 0.2) is 0 Å². The molecule has 6 heteroatoms. The van der Waals surface area contributed by atoms with E-state index in [-0.39, 0.29) is 29.1 Å². The second-order valence-corrected chi connectivity index (χ2v) is 8.72. The molecule has 0 fully saturated rings. The van der Waals surface area contributed by atoms with Gasteiger partial charge in [0.1, 0.15) is 17.3 Å². The number of halogens is 3. The zero-order valence-corrected chi connectivity index (χ0v) is 16.4. The third-order valence-corrected chi connectivity index (χ3v) is 6.69. The Balaban J connectivity index is 1.93. The Morgan fingerprint density at radius 1 is 0.679 bits per heavy atom. The second-order valence-electron chi connectivity index (χ2n) is 7.41.